The van der Waals surface area contributed by atoms with Crippen LogP contribution < -0.4 is 0 Å². The average molecular weight is 1090 g/mol. The van der Waals surface area contributed by atoms with Crippen molar-refractivity contribution in [3.05, 3.63) is 85.1 Å². The van der Waals surface area contributed by atoms with Crippen LogP contribution in [0.3, 0.4) is 0 Å². The van der Waals surface area contributed by atoms with Crippen LogP contribution in [0.2, 0.25) is 0 Å². The summed E-state index contributed by atoms with van der Waals surface area (Å²) in [5, 5.41) is 0. The van der Waals surface area contributed by atoms with Gasteiger partial charge in [0.1, 0.15) is 13.2 Å². The Morgan fingerprint density at radius 2 is 0.500 bits per heavy atom. The molecule has 0 aromatic heterocycles. The van der Waals surface area contributed by atoms with Gasteiger partial charge in [-0.15, -0.1) is 0 Å². The Kier molecular flexibility index (Phi) is 63.2. The number of hydrogen-bond donors (Lipinski definition) is 0. The Bertz CT molecular complexity index is 1480. The fourth-order valence-electron chi connectivity index (χ4n) is 9.62. The number of allylic oxidation sites excluding steroid dienone is 14. The Labute approximate surface area is 484 Å². The largest absolute Gasteiger partial charge is 0.462 e. The summed E-state index contributed by atoms with van der Waals surface area (Å²) in [4.78, 5) is 38.3. The Morgan fingerprint density at radius 1 is 0.269 bits per heavy atom. The third-order valence-electron chi connectivity index (χ3n) is 14.6. The van der Waals surface area contributed by atoms with E-state index in [1.165, 1.54) is 186 Å². The Hall–Kier alpha value is -3.41. The van der Waals surface area contributed by atoms with Crippen LogP contribution in [0.4, 0.5) is 0 Å². The third kappa shape index (κ3) is 63.4. The average Bonchev–Trinajstić information content (AvgIpc) is 3.44. The number of carbonyl (C=O) groups excluding carboxylic acids is 3. The first-order valence-electron chi connectivity index (χ1n) is 33.6. The van der Waals surface area contributed by atoms with E-state index < -0.39 is 6.10 Å². The van der Waals surface area contributed by atoms with Crippen LogP contribution in [-0.2, 0) is 28.6 Å². The van der Waals surface area contributed by atoms with Crippen LogP contribution in [0, 0.1) is 0 Å². The van der Waals surface area contributed by atoms with Crippen LogP contribution in [0.5, 0.6) is 0 Å². The highest BCUT2D eigenvalue weighted by Gasteiger charge is 2.19. The van der Waals surface area contributed by atoms with E-state index in [-0.39, 0.29) is 31.1 Å². The molecule has 6 heteroatoms. The second kappa shape index (κ2) is 66.1. The van der Waals surface area contributed by atoms with Gasteiger partial charge >= 0.3 is 17.9 Å². The van der Waals surface area contributed by atoms with Gasteiger partial charge in [-0.2, -0.15) is 0 Å². The van der Waals surface area contributed by atoms with E-state index in [0.29, 0.717) is 19.3 Å². The number of carbonyl (C=O) groups is 3. The summed E-state index contributed by atoms with van der Waals surface area (Å²) in [6.07, 6.45) is 87.4. The molecule has 0 aliphatic carbocycles. The zero-order valence-corrected chi connectivity index (χ0v) is 51.7. The summed E-state index contributed by atoms with van der Waals surface area (Å²) in [5.74, 6) is -0.876. The highest BCUT2D eigenvalue weighted by Crippen LogP contribution is 2.17. The number of unbranched alkanes of at least 4 members (excludes halogenated alkanes) is 36. The van der Waals surface area contributed by atoms with Crippen molar-refractivity contribution in [1.82, 2.24) is 0 Å². The van der Waals surface area contributed by atoms with E-state index in [1.807, 2.05) is 0 Å². The van der Waals surface area contributed by atoms with Crippen molar-refractivity contribution in [2.24, 2.45) is 0 Å². The maximum atomic E-state index is 12.9. The lowest BCUT2D eigenvalue weighted by Gasteiger charge is -2.18. The molecule has 78 heavy (non-hydrogen) atoms. The molecule has 0 radical (unpaired) electrons. The molecule has 0 aliphatic rings. The molecular weight excluding hydrogens is 961 g/mol. The minimum atomic E-state index is -0.783. The number of ether oxygens (including phenoxy) is 3. The van der Waals surface area contributed by atoms with Crippen molar-refractivity contribution in [2.45, 2.75) is 341 Å². The van der Waals surface area contributed by atoms with E-state index in [1.54, 1.807) is 0 Å². The fraction of sp³-hybridized carbons (Fsp3) is 0.764. The van der Waals surface area contributed by atoms with E-state index in [0.717, 1.165) is 109 Å². The monoisotopic (exact) mass is 1090 g/mol. The van der Waals surface area contributed by atoms with Crippen LogP contribution in [0.1, 0.15) is 335 Å². The van der Waals surface area contributed by atoms with Gasteiger partial charge in [0, 0.05) is 19.3 Å². The van der Waals surface area contributed by atoms with E-state index in [9.17, 15) is 14.4 Å². The molecule has 0 saturated heterocycles. The number of esters is 3. The van der Waals surface area contributed by atoms with E-state index >= 15 is 0 Å². The summed E-state index contributed by atoms with van der Waals surface area (Å²) < 4.78 is 16.9. The lowest BCUT2D eigenvalue weighted by molar-refractivity contribution is -0.167. The molecule has 0 aliphatic heterocycles. The van der Waals surface area contributed by atoms with Gasteiger partial charge in [-0.3, -0.25) is 14.4 Å². The molecule has 0 rings (SSSR count). The summed E-state index contributed by atoms with van der Waals surface area (Å²) in [5.41, 5.74) is 0. The quantitative estimate of drug-likeness (QED) is 0.0261. The van der Waals surface area contributed by atoms with Gasteiger partial charge in [-0.1, -0.05) is 305 Å². The van der Waals surface area contributed by atoms with E-state index in [4.69, 9.17) is 14.2 Å². The van der Waals surface area contributed by atoms with Crippen molar-refractivity contribution in [1.29, 1.82) is 0 Å². The van der Waals surface area contributed by atoms with E-state index in [2.05, 4.69) is 106 Å². The van der Waals surface area contributed by atoms with Crippen LogP contribution in [0.25, 0.3) is 0 Å². The molecule has 1 atom stereocenters. The molecule has 450 valence electrons. The lowest BCUT2D eigenvalue weighted by Crippen LogP contribution is -2.30. The second-order valence-electron chi connectivity index (χ2n) is 22.4. The molecule has 0 spiro atoms. The maximum Gasteiger partial charge on any atom is 0.306 e. The van der Waals surface area contributed by atoms with Crippen molar-refractivity contribution < 1.29 is 28.6 Å². The Balaban J connectivity index is 4.27. The molecule has 0 amide bonds. The lowest BCUT2D eigenvalue weighted by atomic mass is 10.0. The van der Waals surface area contributed by atoms with Gasteiger partial charge in [0.15, 0.2) is 6.10 Å². The van der Waals surface area contributed by atoms with Gasteiger partial charge in [0.25, 0.3) is 0 Å². The molecule has 0 fully saturated rings. The van der Waals surface area contributed by atoms with Crippen molar-refractivity contribution >= 4 is 17.9 Å². The first kappa shape index (κ1) is 74.6. The molecule has 0 saturated carbocycles. The summed E-state index contributed by atoms with van der Waals surface area (Å²) in [7, 11) is 0. The van der Waals surface area contributed by atoms with Crippen LogP contribution >= 0.6 is 0 Å². The van der Waals surface area contributed by atoms with Gasteiger partial charge < -0.3 is 14.2 Å². The SMILES string of the molecule is CC/C=C\C/C=C\C/C=C\C/C=C\CCCCCCCCCCCCCCCCC(=O)OCC(COC(=O)CCCCCCCCCCCCCC)OC(=O)CCCCCCCC/C=C\C/C=C\C/C=C\CCCCCCC. The summed E-state index contributed by atoms with van der Waals surface area (Å²) in [6, 6.07) is 0. The van der Waals surface area contributed by atoms with Gasteiger partial charge in [-0.05, 0) is 96.3 Å². The second-order valence-corrected chi connectivity index (χ2v) is 22.4. The van der Waals surface area contributed by atoms with Crippen molar-refractivity contribution in [3.8, 4) is 0 Å². The molecular formula is C72H126O6. The number of hydrogen-bond acceptors (Lipinski definition) is 6. The highest BCUT2D eigenvalue weighted by atomic mass is 16.6. The minimum Gasteiger partial charge on any atom is -0.462 e. The first-order chi connectivity index (χ1) is 38.5. The number of rotatable bonds is 61. The fourth-order valence-corrected chi connectivity index (χ4v) is 9.62. The van der Waals surface area contributed by atoms with Gasteiger partial charge in [0.2, 0.25) is 0 Å². The minimum absolute atomic E-state index is 0.0781. The molecule has 0 bridgehead atoms. The summed E-state index contributed by atoms with van der Waals surface area (Å²) >= 11 is 0. The smallest absolute Gasteiger partial charge is 0.306 e. The molecule has 6 nitrogen and oxygen atoms in total. The zero-order valence-electron chi connectivity index (χ0n) is 51.7. The van der Waals surface area contributed by atoms with Crippen molar-refractivity contribution in [3.63, 3.8) is 0 Å². The molecule has 0 N–H and O–H groups in total. The van der Waals surface area contributed by atoms with Crippen LogP contribution in [0.15, 0.2) is 85.1 Å². The first-order valence-corrected chi connectivity index (χ1v) is 33.6. The molecule has 1 unspecified atom stereocenters. The third-order valence-corrected chi connectivity index (χ3v) is 14.6. The predicted molar refractivity (Wildman–Crippen MR) is 339 cm³/mol. The summed E-state index contributed by atoms with van der Waals surface area (Å²) in [6.45, 7) is 6.54. The van der Waals surface area contributed by atoms with Crippen LogP contribution in [-0.4, -0.2) is 37.2 Å². The maximum absolute atomic E-state index is 12.9. The normalized spacial score (nSPS) is 12.6. The van der Waals surface area contributed by atoms with Crippen molar-refractivity contribution in [2.75, 3.05) is 13.2 Å². The standard InChI is InChI=1S/C72H126O6/c1-4-7-10-13-16-19-22-25-27-29-31-33-34-35-36-37-38-40-41-43-45-47-50-53-56-59-62-65-71(74)77-68-69(67-76-70(73)64-61-58-55-52-49-24-21-18-15-12-9-6-3)78-72(75)66-63-60-57-54-51-48-46-44-42-39-32-30-28-26-23-20-17-14-11-8-5-2/h7,10,16,19,23,25-27,30-33,42,44,69H,4-6,8-9,11-15,17-18,20-22,24,28-29,34-41,43,45-68H2,1-3H3/b10-7-,19-16-,26-23-,27-25-,32-30-,33-31-,44-42-. The predicted octanol–water partition coefficient (Wildman–Crippen LogP) is 23.1. The Morgan fingerprint density at radius 3 is 0.782 bits per heavy atom. The highest BCUT2D eigenvalue weighted by molar-refractivity contribution is 5.71. The molecule has 0 heterocycles. The topological polar surface area (TPSA) is 78.9 Å². The molecule has 0 aromatic rings. The van der Waals surface area contributed by atoms with Gasteiger partial charge in [0.05, 0.1) is 0 Å². The molecule has 0 aromatic carbocycles. The zero-order chi connectivity index (χ0) is 56.4. The van der Waals surface area contributed by atoms with Gasteiger partial charge in [-0.25, -0.2) is 0 Å².